The molecule has 1 atom stereocenters. The van der Waals surface area contributed by atoms with E-state index < -0.39 is 0 Å². The Morgan fingerprint density at radius 1 is 1.52 bits per heavy atom. The molecular formula is C16H24N2O2S. The molecule has 4 nitrogen and oxygen atoms in total. The van der Waals surface area contributed by atoms with E-state index in [0.717, 1.165) is 17.0 Å². The lowest BCUT2D eigenvalue weighted by Gasteiger charge is -2.18. The minimum absolute atomic E-state index is 0.122. The molecule has 0 bridgehead atoms. The fraction of sp³-hybridized carbons (Fsp3) is 0.562. The number of carbonyl (C=O) groups is 1. The lowest BCUT2D eigenvalue weighted by Crippen LogP contribution is -2.33. The topological polar surface area (TPSA) is 52.6 Å². The molecular weight excluding hydrogens is 284 g/mol. The maximum absolute atomic E-state index is 12.2. The number of aliphatic hydroxyl groups is 1. The number of benzene rings is 1. The number of carbonyl (C=O) groups excluding carboxylic acids is 1. The quantitative estimate of drug-likeness (QED) is 0.898. The summed E-state index contributed by atoms with van der Waals surface area (Å²) in [4.78, 5) is 13.9. The van der Waals surface area contributed by atoms with Gasteiger partial charge in [0.15, 0.2) is 0 Å². The second kappa shape index (κ2) is 7.18. The van der Waals surface area contributed by atoms with Crippen LogP contribution in [0.15, 0.2) is 18.2 Å². The van der Waals surface area contributed by atoms with Crippen molar-refractivity contribution >= 4 is 23.5 Å². The molecule has 0 spiro atoms. The molecule has 1 aromatic carbocycles. The zero-order valence-electron chi connectivity index (χ0n) is 12.9. The van der Waals surface area contributed by atoms with Crippen molar-refractivity contribution in [3.63, 3.8) is 0 Å². The highest BCUT2D eigenvalue weighted by Crippen LogP contribution is 2.25. The van der Waals surface area contributed by atoms with Gasteiger partial charge in [0.1, 0.15) is 0 Å². The molecule has 0 radical (unpaired) electrons. The monoisotopic (exact) mass is 308 g/mol. The average molecular weight is 308 g/mol. The van der Waals surface area contributed by atoms with E-state index in [4.69, 9.17) is 0 Å². The summed E-state index contributed by atoms with van der Waals surface area (Å²) >= 11 is 1.90. The van der Waals surface area contributed by atoms with Crippen molar-refractivity contribution in [3.05, 3.63) is 29.3 Å². The first-order valence-electron chi connectivity index (χ1n) is 7.41. The molecule has 0 aromatic heterocycles. The van der Waals surface area contributed by atoms with Gasteiger partial charge >= 0.3 is 6.03 Å². The van der Waals surface area contributed by atoms with Crippen LogP contribution in [0.5, 0.6) is 0 Å². The van der Waals surface area contributed by atoms with Crippen LogP contribution >= 0.6 is 11.8 Å². The summed E-state index contributed by atoms with van der Waals surface area (Å²) in [6.45, 7) is 7.46. The smallest absolute Gasteiger partial charge is 0.321 e. The number of urea groups is 1. The van der Waals surface area contributed by atoms with E-state index in [-0.39, 0.29) is 12.1 Å². The second-order valence-electron chi connectivity index (χ2n) is 5.77. The number of amides is 2. The summed E-state index contributed by atoms with van der Waals surface area (Å²) in [6.07, 6.45) is 0.280. The minimum Gasteiger partial charge on any atom is -0.391 e. The number of nitrogens with one attached hydrogen (secondary N) is 1. The molecule has 2 amide bonds. The Balaban J connectivity index is 2.02. The summed E-state index contributed by atoms with van der Waals surface area (Å²) in [7, 11) is 0. The Kier molecular flexibility index (Phi) is 5.53. The maximum atomic E-state index is 12.2. The van der Waals surface area contributed by atoms with E-state index in [2.05, 4.69) is 25.2 Å². The van der Waals surface area contributed by atoms with E-state index in [0.29, 0.717) is 24.8 Å². The van der Waals surface area contributed by atoms with Crippen molar-refractivity contribution in [1.82, 2.24) is 4.90 Å². The Hall–Kier alpha value is -1.20. The van der Waals surface area contributed by atoms with Crippen LogP contribution in [0.1, 0.15) is 31.4 Å². The number of hydrogen-bond acceptors (Lipinski definition) is 3. The van der Waals surface area contributed by atoms with Gasteiger partial charge in [-0.15, -0.1) is 0 Å². The van der Waals surface area contributed by atoms with Crippen LogP contribution in [-0.4, -0.2) is 40.5 Å². The summed E-state index contributed by atoms with van der Waals surface area (Å²) in [5.41, 5.74) is 3.25. The molecule has 1 aliphatic heterocycles. The predicted octanol–water partition coefficient (Wildman–Crippen LogP) is 3.24. The van der Waals surface area contributed by atoms with E-state index in [1.165, 1.54) is 5.56 Å². The van der Waals surface area contributed by atoms with Gasteiger partial charge in [-0.1, -0.05) is 26.0 Å². The van der Waals surface area contributed by atoms with Crippen molar-refractivity contribution in [2.45, 2.75) is 44.3 Å². The van der Waals surface area contributed by atoms with Crippen LogP contribution in [0.2, 0.25) is 0 Å². The van der Waals surface area contributed by atoms with Crippen LogP contribution < -0.4 is 5.32 Å². The Bertz CT molecular complexity index is 505. The number of thioether (sulfide) groups is 1. The standard InChI is InChI=1S/C16H24N2O2S/c1-11(2)21-10-13-5-4-6-15(12(13)3)17-16(20)18-8-7-14(19)9-18/h4-6,11,14,19H,7-10H2,1-3H3,(H,17,20)/t14-/m0/s1. The number of nitrogens with zero attached hydrogens (tertiary/aromatic N) is 1. The van der Waals surface area contributed by atoms with E-state index in [9.17, 15) is 9.90 Å². The van der Waals surface area contributed by atoms with Crippen LogP contribution in [0.25, 0.3) is 0 Å². The first kappa shape index (κ1) is 16.2. The molecule has 0 aliphatic carbocycles. The molecule has 1 aromatic rings. The van der Waals surface area contributed by atoms with Crippen LogP contribution in [-0.2, 0) is 5.75 Å². The molecule has 116 valence electrons. The summed E-state index contributed by atoms with van der Waals surface area (Å²) < 4.78 is 0. The number of anilines is 1. The van der Waals surface area contributed by atoms with Gasteiger partial charge in [0.05, 0.1) is 6.10 Å². The third kappa shape index (κ3) is 4.38. The Labute approximate surface area is 130 Å². The third-order valence-electron chi connectivity index (χ3n) is 3.71. The normalized spacial score (nSPS) is 18.3. The lowest BCUT2D eigenvalue weighted by atomic mass is 10.1. The van der Waals surface area contributed by atoms with E-state index in [1.807, 2.05) is 30.8 Å². The first-order chi connectivity index (χ1) is 9.97. The molecule has 0 saturated carbocycles. The molecule has 1 fully saturated rings. The number of hydrogen-bond donors (Lipinski definition) is 2. The second-order valence-corrected chi connectivity index (χ2v) is 7.33. The number of β-amino-alcohol motifs (C(OH)–C–C–N with tert-alkyl or cyclic N) is 1. The number of likely N-dealkylation sites (tertiary alicyclic amines) is 1. The summed E-state index contributed by atoms with van der Waals surface area (Å²) in [6, 6.07) is 5.91. The summed E-state index contributed by atoms with van der Waals surface area (Å²) in [5.74, 6) is 0.954. The van der Waals surface area contributed by atoms with Crippen LogP contribution in [0.3, 0.4) is 0 Å². The fourth-order valence-corrected chi connectivity index (χ4v) is 3.18. The summed E-state index contributed by atoms with van der Waals surface area (Å²) in [5, 5.41) is 13.1. The molecule has 21 heavy (non-hydrogen) atoms. The van der Waals surface area contributed by atoms with Gasteiger partial charge in [0.25, 0.3) is 0 Å². The molecule has 1 saturated heterocycles. The van der Waals surface area contributed by atoms with E-state index in [1.54, 1.807) is 4.90 Å². The Morgan fingerprint density at radius 2 is 2.29 bits per heavy atom. The number of aliphatic hydroxyl groups excluding tert-OH is 1. The first-order valence-corrected chi connectivity index (χ1v) is 8.46. The zero-order chi connectivity index (χ0) is 15.4. The molecule has 1 heterocycles. The van der Waals surface area contributed by atoms with Gasteiger partial charge < -0.3 is 15.3 Å². The van der Waals surface area contributed by atoms with Crippen molar-refractivity contribution in [3.8, 4) is 0 Å². The highest BCUT2D eigenvalue weighted by atomic mass is 32.2. The van der Waals surface area contributed by atoms with Gasteiger partial charge in [-0.05, 0) is 35.8 Å². The average Bonchev–Trinajstić information content (AvgIpc) is 2.86. The molecule has 0 unspecified atom stereocenters. The molecule has 2 rings (SSSR count). The maximum Gasteiger partial charge on any atom is 0.321 e. The SMILES string of the molecule is Cc1c(CSC(C)C)cccc1NC(=O)N1CC[C@H](O)C1. The predicted molar refractivity (Wildman–Crippen MR) is 88.8 cm³/mol. The highest BCUT2D eigenvalue weighted by molar-refractivity contribution is 7.99. The van der Waals surface area contributed by atoms with Crippen molar-refractivity contribution in [1.29, 1.82) is 0 Å². The zero-order valence-corrected chi connectivity index (χ0v) is 13.7. The highest BCUT2D eigenvalue weighted by Gasteiger charge is 2.24. The Morgan fingerprint density at radius 3 is 2.90 bits per heavy atom. The largest absolute Gasteiger partial charge is 0.391 e. The minimum atomic E-state index is -0.384. The van der Waals surface area contributed by atoms with Crippen LogP contribution in [0.4, 0.5) is 10.5 Å². The number of rotatable bonds is 4. The van der Waals surface area contributed by atoms with Gasteiger partial charge in [-0.2, -0.15) is 11.8 Å². The molecule has 2 N–H and O–H groups in total. The van der Waals surface area contributed by atoms with Crippen molar-refractivity contribution in [2.75, 3.05) is 18.4 Å². The van der Waals surface area contributed by atoms with Crippen molar-refractivity contribution < 1.29 is 9.90 Å². The van der Waals surface area contributed by atoms with Gasteiger partial charge in [-0.25, -0.2) is 4.79 Å². The van der Waals surface area contributed by atoms with Crippen LogP contribution in [0, 0.1) is 6.92 Å². The van der Waals surface area contributed by atoms with Gasteiger partial charge in [0.2, 0.25) is 0 Å². The molecule has 1 aliphatic rings. The van der Waals surface area contributed by atoms with E-state index >= 15 is 0 Å². The molecule has 5 heteroatoms. The van der Waals surface area contributed by atoms with Gasteiger partial charge in [0, 0.05) is 24.5 Å². The van der Waals surface area contributed by atoms with Gasteiger partial charge in [-0.3, -0.25) is 0 Å². The fourth-order valence-electron chi connectivity index (χ4n) is 2.35. The third-order valence-corrected chi connectivity index (χ3v) is 4.85. The van der Waals surface area contributed by atoms with Crippen molar-refractivity contribution in [2.24, 2.45) is 0 Å². The lowest BCUT2D eigenvalue weighted by molar-refractivity contribution is 0.176.